The molecule has 1 atom stereocenters. The molecule has 0 fully saturated rings. The van der Waals surface area contributed by atoms with E-state index in [1.807, 2.05) is 16.8 Å². The Labute approximate surface area is 113 Å². The normalized spacial score (nSPS) is 12.8. The Morgan fingerprint density at radius 1 is 1.42 bits per heavy atom. The van der Waals surface area contributed by atoms with Gasteiger partial charge >= 0.3 is 0 Å². The lowest BCUT2D eigenvalue weighted by molar-refractivity contribution is 0.387. The van der Waals surface area contributed by atoms with Gasteiger partial charge in [-0.2, -0.15) is 5.10 Å². The zero-order valence-electron chi connectivity index (χ0n) is 11.5. The summed E-state index contributed by atoms with van der Waals surface area (Å²) in [5, 5.41) is 4.21. The van der Waals surface area contributed by atoms with Crippen LogP contribution in [0, 0.1) is 0 Å². The SMILES string of the molecule is CCCn1ncnc1CC(NN)c1ccc(CC)o1. The Hall–Kier alpha value is -1.66. The molecule has 0 bridgehead atoms. The first-order chi connectivity index (χ1) is 9.28. The van der Waals surface area contributed by atoms with Gasteiger partial charge < -0.3 is 4.42 Å². The Balaban J connectivity index is 2.12. The summed E-state index contributed by atoms with van der Waals surface area (Å²) in [6.07, 6.45) is 4.15. The maximum absolute atomic E-state index is 5.73. The highest BCUT2D eigenvalue weighted by atomic mass is 16.3. The molecule has 3 N–H and O–H groups in total. The summed E-state index contributed by atoms with van der Waals surface area (Å²) in [6, 6.07) is 3.86. The van der Waals surface area contributed by atoms with Crippen molar-refractivity contribution >= 4 is 0 Å². The molecule has 104 valence electrons. The van der Waals surface area contributed by atoms with Crippen molar-refractivity contribution < 1.29 is 4.42 Å². The number of hydrogen-bond acceptors (Lipinski definition) is 5. The van der Waals surface area contributed by atoms with Crippen LogP contribution in [0.2, 0.25) is 0 Å². The number of nitrogens with two attached hydrogens (primary N) is 1. The summed E-state index contributed by atoms with van der Waals surface area (Å²) < 4.78 is 7.65. The van der Waals surface area contributed by atoms with E-state index in [2.05, 4.69) is 29.4 Å². The van der Waals surface area contributed by atoms with Gasteiger partial charge in [-0.15, -0.1) is 0 Å². The summed E-state index contributed by atoms with van der Waals surface area (Å²) in [5.41, 5.74) is 2.79. The molecule has 2 aromatic rings. The molecule has 0 amide bonds. The smallest absolute Gasteiger partial charge is 0.138 e. The molecule has 0 radical (unpaired) electrons. The Morgan fingerprint density at radius 3 is 2.89 bits per heavy atom. The molecular formula is C13H21N5O. The van der Waals surface area contributed by atoms with E-state index >= 15 is 0 Å². The van der Waals surface area contributed by atoms with Gasteiger partial charge in [-0.1, -0.05) is 13.8 Å². The third-order valence-electron chi connectivity index (χ3n) is 3.09. The van der Waals surface area contributed by atoms with Gasteiger partial charge in [0, 0.05) is 19.4 Å². The first kappa shape index (κ1) is 13.8. The molecule has 0 saturated carbocycles. The number of aromatic nitrogens is 3. The van der Waals surface area contributed by atoms with Crippen molar-refractivity contribution in [3.8, 4) is 0 Å². The largest absolute Gasteiger partial charge is 0.464 e. The van der Waals surface area contributed by atoms with Gasteiger partial charge in [0.2, 0.25) is 0 Å². The lowest BCUT2D eigenvalue weighted by Crippen LogP contribution is -2.30. The van der Waals surface area contributed by atoms with Crippen LogP contribution in [0.1, 0.15) is 43.7 Å². The molecule has 1 unspecified atom stereocenters. The molecular weight excluding hydrogens is 242 g/mol. The van der Waals surface area contributed by atoms with Gasteiger partial charge in [0.1, 0.15) is 23.7 Å². The van der Waals surface area contributed by atoms with Gasteiger partial charge in [-0.3, -0.25) is 10.5 Å². The molecule has 0 aliphatic rings. The highest BCUT2D eigenvalue weighted by Gasteiger charge is 2.17. The molecule has 0 aliphatic carbocycles. The summed E-state index contributed by atoms with van der Waals surface area (Å²) in [5.74, 6) is 8.35. The molecule has 6 heteroatoms. The van der Waals surface area contributed by atoms with Gasteiger partial charge in [-0.25, -0.2) is 10.4 Å². The minimum absolute atomic E-state index is 0.0832. The summed E-state index contributed by atoms with van der Waals surface area (Å²) in [7, 11) is 0. The second-order valence-corrected chi connectivity index (χ2v) is 4.48. The van der Waals surface area contributed by atoms with Crippen LogP contribution >= 0.6 is 0 Å². The van der Waals surface area contributed by atoms with E-state index in [0.717, 1.165) is 36.7 Å². The maximum Gasteiger partial charge on any atom is 0.138 e. The minimum atomic E-state index is -0.0832. The Morgan fingerprint density at radius 2 is 2.26 bits per heavy atom. The summed E-state index contributed by atoms with van der Waals surface area (Å²) >= 11 is 0. The molecule has 2 heterocycles. The third-order valence-corrected chi connectivity index (χ3v) is 3.09. The summed E-state index contributed by atoms with van der Waals surface area (Å²) in [6.45, 7) is 5.04. The van der Waals surface area contributed by atoms with E-state index in [-0.39, 0.29) is 6.04 Å². The number of furan rings is 1. The highest BCUT2D eigenvalue weighted by molar-refractivity contribution is 5.12. The van der Waals surface area contributed by atoms with Crippen LogP contribution in [0.3, 0.4) is 0 Å². The van der Waals surface area contributed by atoms with Gasteiger partial charge in [-0.05, 0) is 18.6 Å². The van der Waals surface area contributed by atoms with Crippen LogP contribution in [0.4, 0.5) is 0 Å². The fourth-order valence-electron chi connectivity index (χ4n) is 2.04. The van der Waals surface area contributed by atoms with Crippen molar-refractivity contribution in [1.82, 2.24) is 20.2 Å². The third kappa shape index (κ3) is 3.21. The average molecular weight is 263 g/mol. The van der Waals surface area contributed by atoms with E-state index in [4.69, 9.17) is 10.3 Å². The second kappa shape index (κ2) is 6.49. The van der Waals surface area contributed by atoms with Crippen molar-refractivity contribution in [2.75, 3.05) is 0 Å². The second-order valence-electron chi connectivity index (χ2n) is 4.48. The van der Waals surface area contributed by atoms with Crippen molar-refractivity contribution in [2.45, 2.75) is 45.7 Å². The minimum Gasteiger partial charge on any atom is -0.464 e. The lowest BCUT2D eigenvalue weighted by Gasteiger charge is -2.13. The Bertz CT molecular complexity index is 505. The molecule has 0 aliphatic heterocycles. The molecule has 19 heavy (non-hydrogen) atoms. The monoisotopic (exact) mass is 263 g/mol. The lowest BCUT2D eigenvalue weighted by atomic mass is 10.1. The quantitative estimate of drug-likeness (QED) is 0.585. The standard InChI is InChI=1S/C13H21N5O/c1-3-7-18-13(15-9-16-18)8-11(17-14)12-6-5-10(4-2)19-12/h5-6,9,11,17H,3-4,7-8,14H2,1-2H3. The zero-order valence-corrected chi connectivity index (χ0v) is 11.5. The number of nitrogens with one attached hydrogen (secondary N) is 1. The number of aryl methyl sites for hydroxylation is 2. The molecule has 2 aromatic heterocycles. The van der Waals surface area contributed by atoms with Gasteiger partial charge in [0.15, 0.2) is 0 Å². The van der Waals surface area contributed by atoms with E-state index in [9.17, 15) is 0 Å². The van der Waals surface area contributed by atoms with Crippen molar-refractivity contribution in [1.29, 1.82) is 0 Å². The van der Waals surface area contributed by atoms with E-state index in [1.165, 1.54) is 0 Å². The van der Waals surface area contributed by atoms with Crippen molar-refractivity contribution in [3.05, 3.63) is 35.8 Å². The van der Waals surface area contributed by atoms with Crippen LogP contribution in [-0.2, 0) is 19.4 Å². The fourth-order valence-corrected chi connectivity index (χ4v) is 2.04. The summed E-state index contributed by atoms with van der Waals surface area (Å²) in [4.78, 5) is 4.29. The number of hydrazine groups is 1. The average Bonchev–Trinajstić information content (AvgIpc) is 3.05. The molecule has 0 saturated heterocycles. The van der Waals surface area contributed by atoms with Crippen LogP contribution in [0.25, 0.3) is 0 Å². The van der Waals surface area contributed by atoms with Crippen LogP contribution in [-0.4, -0.2) is 14.8 Å². The highest BCUT2D eigenvalue weighted by Crippen LogP contribution is 2.19. The van der Waals surface area contributed by atoms with Crippen molar-refractivity contribution in [3.63, 3.8) is 0 Å². The van der Waals surface area contributed by atoms with Crippen LogP contribution < -0.4 is 11.3 Å². The maximum atomic E-state index is 5.73. The molecule has 0 spiro atoms. The fraction of sp³-hybridized carbons (Fsp3) is 0.538. The zero-order chi connectivity index (χ0) is 13.7. The van der Waals surface area contributed by atoms with E-state index in [0.29, 0.717) is 6.42 Å². The number of nitrogens with zero attached hydrogens (tertiary/aromatic N) is 3. The predicted octanol–water partition coefficient (Wildman–Crippen LogP) is 1.59. The molecule has 2 rings (SSSR count). The number of rotatable bonds is 7. The number of hydrogen-bond donors (Lipinski definition) is 2. The topological polar surface area (TPSA) is 81.9 Å². The van der Waals surface area contributed by atoms with Gasteiger partial charge in [0.25, 0.3) is 0 Å². The molecule has 0 aromatic carbocycles. The van der Waals surface area contributed by atoms with E-state index < -0.39 is 0 Å². The van der Waals surface area contributed by atoms with Crippen molar-refractivity contribution in [2.24, 2.45) is 5.84 Å². The van der Waals surface area contributed by atoms with Gasteiger partial charge in [0.05, 0.1) is 6.04 Å². The first-order valence-electron chi connectivity index (χ1n) is 6.69. The predicted molar refractivity (Wildman–Crippen MR) is 72.2 cm³/mol. The first-order valence-corrected chi connectivity index (χ1v) is 6.69. The van der Waals surface area contributed by atoms with E-state index in [1.54, 1.807) is 6.33 Å². The van der Waals surface area contributed by atoms with Crippen LogP contribution in [0.5, 0.6) is 0 Å². The Kier molecular flexibility index (Phi) is 4.70. The molecule has 6 nitrogen and oxygen atoms in total. The van der Waals surface area contributed by atoms with Crippen LogP contribution in [0.15, 0.2) is 22.9 Å².